The Morgan fingerprint density at radius 3 is 2.76 bits per heavy atom. The maximum Gasteiger partial charge on any atom is 0.238 e. The molecule has 0 aliphatic rings. The molecule has 0 heterocycles. The Kier molecular flexibility index (Phi) is 6.40. The van der Waals surface area contributed by atoms with Gasteiger partial charge in [-0.05, 0) is 24.6 Å². The van der Waals surface area contributed by atoms with Gasteiger partial charge in [-0.1, -0.05) is 24.0 Å². The summed E-state index contributed by atoms with van der Waals surface area (Å²) in [5.74, 6) is 5.20. The molecule has 0 saturated heterocycles. The quantitative estimate of drug-likeness (QED) is 0.775. The molecule has 1 atom stereocenters. The molecule has 0 aliphatic carbocycles. The van der Waals surface area contributed by atoms with E-state index in [1.807, 2.05) is 24.3 Å². The summed E-state index contributed by atoms with van der Waals surface area (Å²) < 4.78 is 22.6. The Balaban J connectivity index is 2.67. The van der Waals surface area contributed by atoms with Crippen molar-refractivity contribution in [1.82, 2.24) is 5.32 Å². The van der Waals surface area contributed by atoms with Crippen molar-refractivity contribution in [3.05, 3.63) is 35.4 Å². The van der Waals surface area contributed by atoms with Crippen LogP contribution >= 0.6 is 0 Å². The molecule has 1 aromatic rings. The molecule has 114 valence electrons. The van der Waals surface area contributed by atoms with Gasteiger partial charge >= 0.3 is 0 Å². The Labute approximate surface area is 125 Å². The number of hydrogen-bond donors (Lipinski definition) is 2. The van der Waals surface area contributed by atoms with E-state index in [4.69, 9.17) is 5.11 Å². The number of rotatable bonds is 5. The van der Waals surface area contributed by atoms with Gasteiger partial charge in [-0.3, -0.25) is 4.79 Å². The van der Waals surface area contributed by atoms with Crippen molar-refractivity contribution in [3.8, 4) is 11.8 Å². The number of hydrogen-bond acceptors (Lipinski definition) is 4. The third-order valence-corrected chi connectivity index (χ3v) is 4.37. The number of aliphatic hydroxyl groups is 1. The molecule has 0 saturated carbocycles. The second-order valence-electron chi connectivity index (χ2n) is 4.67. The summed E-state index contributed by atoms with van der Waals surface area (Å²) in [6.07, 6.45) is 1.45. The zero-order chi connectivity index (χ0) is 15.9. The van der Waals surface area contributed by atoms with Crippen molar-refractivity contribution < 1.29 is 18.3 Å². The third kappa shape index (κ3) is 5.98. The van der Waals surface area contributed by atoms with Gasteiger partial charge in [0.25, 0.3) is 0 Å². The minimum Gasteiger partial charge on any atom is -0.395 e. The SMILES string of the molecule is CC(C(=O)NCc1cccc(C#CCCO)c1)S(C)(=O)=O. The normalized spacial score (nSPS) is 12.1. The first-order chi connectivity index (χ1) is 9.84. The van der Waals surface area contributed by atoms with E-state index in [1.54, 1.807) is 0 Å². The highest BCUT2D eigenvalue weighted by molar-refractivity contribution is 7.92. The van der Waals surface area contributed by atoms with Gasteiger partial charge < -0.3 is 10.4 Å². The van der Waals surface area contributed by atoms with Crippen LogP contribution in [0.1, 0.15) is 24.5 Å². The van der Waals surface area contributed by atoms with Crippen LogP contribution in [0.15, 0.2) is 24.3 Å². The monoisotopic (exact) mass is 309 g/mol. The fraction of sp³-hybridized carbons (Fsp3) is 0.400. The zero-order valence-corrected chi connectivity index (χ0v) is 12.9. The van der Waals surface area contributed by atoms with Gasteiger partial charge in [0, 0.05) is 24.8 Å². The van der Waals surface area contributed by atoms with E-state index in [0.29, 0.717) is 6.42 Å². The van der Waals surface area contributed by atoms with E-state index in [0.717, 1.165) is 17.4 Å². The highest BCUT2D eigenvalue weighted by Crippen LogP contribution is 2.05. The molecule has 6 heteroatoms. The summed E-state index contributed by atoms with van der Waals surface area (Å²) in [6.45, 7) is 1.63. The number of amides is 1. The Morgan fingerprint density at radius 2 is 2.14 bits per heavy atom. The first kappa shape index (κ1) is 17.2. The molecule has 1 amide bonds. The van der Waals surface area contributed by atoms with E-state index >= 15 is 0 Å². The summed E-state index contributed by atoms with van der Waals surface area (Å²) >= 11 is 0. The second-order valence-corrected chi connectivity index (χ2v) is 7.03. The van der Waals surface area contributed by atoms with E-state index < -0.39 is 21.0 Å². The summed E-state index contributed by atoms with van der Waals surface area (Å²) in [6, 6.07) is 7.28. The summed E-state index contributed by atoms with van der Waals surface area (Å²) in [7, 11) is -3.39. The molecule has 1 aromatic carbocycles. The van der Waals surface area contributed by atoms with Crippen molar-refractivity contribution in [3.63, 3.8) is 0 Å². The van der Waals surface area contributed by atoms with Crippen LogP contribution in [-0.4, -0.2) is 37.5 Å². The van der Waals surface area contributed by atoms with Crippen LogP contribution in [0.25, 0.3) is 0 Å². The molecule has 1 rings (SSSR count). The molecule has 0 radical (unpaired) electrons. The number of carbonyl (C=O) groups excluding carboxylic acids is 1. The lowest BCUT2D eigenvalue weighted by molar-refractivity contribution is -0.120. The largest absolute Gasteiger partial charge is 0.395 e. The number of sulfone groups is 1. The van der Waals surface area contributed by atoms with Gasteiger partial charge in [0.05, 0.1) is 6.61 Å². The lowest BCUT2D eigenvalue weighted by Crippen LogP contribution is -2.37. The summed E-state index contributed by atoms with van der Waals surface area (Å²) in [5.41, 5.74) is 1.62. The van der Waals surface area contributed by atoms with Gasteiger partial charge in [-0.15, -0.1) is 0 Å². The molecular weight excluding hydrogens is 290 g/mol. The Hall–Kier alpha value is -1.84. The number of benzene rings is 1. The highest BCUT2D eigenvalue weighted by atomic mass is 32.2. The van der Waals surface area contributed by atoms with Gasteiger partial charge in [0.15, 0.2) is 9.84 Å². The van der Waals surface area contributed by atoms with E-state index in [2.05, 4.69) is 17.2 Å². The summed E-state index contributed by atoms with van der Waals surface area (Å²) in [4.78, 5) is 11.7. The van der Waals surface area contributed by atoms with Gasteiger partial charge in [0.2, 0.25) is 5.91 Å². The predicted molar refractivity (Wildman–Crippen MR) is 81.2 cm³/mol. The lowest BCUT2D eigenvalue weighted by atomic mass is 10.1. The predicted octanol–water partition coefficient (Wildman–Crippen LogP) is 0.470. The number of carbonyl (C=O) groups is 1. The van der Waals surface area contributed by atoms with Crippen molar-refractivity contribution in [2.45, 2.75) is 25.1 Å². The van der Waals surface area contributed by atoms with Gasteiger partial charge in [-0.25, -0.2) is 8.42 Å². The number of nitrogens with one attached hydrogen (secondary N) is 1. The number of aliphatic hydroxyl groups excluding tert-OH is 1. The first-order valence-corrected chi connectivity index (χ1v) is 8.45. The lowest BCUT2D eigenvalue weighted by Gasteiger charge is -2.10. The highest BCUT2D eigenvalue weighted by Gasteiger charge is 2.22. The Bertz CT molecular complexity index is 656. The van der Waals surface area contributed by atoms with E-state index in [-0.39, 0.29) is 13.2 Å². The van der Waals surface area contributed by atoms with Crippen molar-refractivity contribution in [1.29, 1.82) is 0 Å². The van der Waals surface area contributed by atoms with E-state index in [9.17, 15) is 13.2 Å². The van der Waals surface area contributed by atoms with Gasteiger partial charge in [0.1, 0.15) is 5.25 Å². The molecule has 0 fully saturated rings. The molecule has 1 unspecified atom stereocenters. The molecule has 5 nitrogen and oxygen atoms in total. The fourth-order valence-corrected chi connectivity index (χ4v) is 1.98. The molecular formula is C15H19NO4S. The second kappa shape index (κ2) is 7.81. The van der Waals surface area contributed by atoms with Crippen LogP contribution in [0, 0.1) is 11.8 Å². The molecule has 0 aliphatic heterocycles. The third-order valence-electron chi connectivity index (χ3n) is 2.87. The molecule has 2 N–H and O–H groups in total. The molecule has 0 aromatic heterocycles. The van der Waals surface area contributed by atoms with Crippen LogP contribution in [0.4, 0.5) is 0 Å². The molecule has 21 heavy (non-hydrogen) atoms. The Morgan fingerprint density at radius 1 is 1.43 bits per heavy atom. The minimum absolute atomic E-state index is 0.0200. The van der Waals surface area contributed by atoms with Gasteiger partial charge in [-0.2, -0.15) is 0 Å². The van der Waals surface area contributed by atoms with Crippen LogP contribution < -0.4 is 5.32 Å². The summed E-state index contributed by atoms with van der Waals surface area (Å²) in [5, 5.41) is 10.2. The average molecular weight is 309 g/mol. The zero-order valence-electron chi connectivity index (χ0n) is 12.1. The maximum absolute atomic E-state index is 11.7. The van der Waals surface area contributed by atoms with Crippen LogP contribution in [0.3, 0.4) is 0 Å². The van der Waals surface area contributed by atoms with E-state index in [1.165, 1.54) is 6.92 Å². The first-order valence-electron chi connectivity index (χ1n) is 6.50. The van der Waals surface area contributed by atoms with Crippen molar-refractivity contribution in [2.24, 2.45) is 0 Å². The molecule has 0 bridgehead atoms. The van der Waals surface area contributed by atoms with Crippen molar-refractivity contribution in [2.75, 3.05) is 12.9 Å². The van der Waals surface area contributed by atoms with Crippen LogP contribution in [0.5, 0.6) is 0 Å². The average Bonchev–Trinajstić information content (AvgIpc) is 2.44. The minimum atomic E-state index is -3.39. The standard InChI is InChI=1S/C15H19NO4S/c1-12(21(2,19)20)15(18)16-11-14-8-5-7-13(10-14)6-3-4-9-17/h5,7-8,10,12,17H,4,9,11H2,1-2H3,(H,16,18). The molecule has 0 spiro atoms. The van der Waals surface area contributed by atoms with Crippen molar-refractivity contribution >= 4 is 15.7 Å². The van der Waals surface area contributed by atoms with Crippen LogP contribution in [-0.2, 0) is 21.2 Å². The van der Waals surface area contributed by atoms with Crippen LogP contribution in [0.2, 0.25) is 0 Å². The maximum atomic E-state index is 11.7. The topological polar surface area (TPSA) is 83.5 Å². The smallest absolute Gasteiger partial charge is 0.238 e. The fourth-order valence-electron chi connectivity index (χ4n) is 1.51.